The van der Waals surface area contributed by atoms with Gasteiger partial charge in [0.1, 0.15) is 12.2 Å². The number of nitrogens with zero attached hydrogens (tertiary/aromatic N) is 5. The fraction of sp³-hybridized carbons (Fsp3) is 0.423. The monoisotopic (exact) mass is 494 g/mol. The first-order chi connectivity index (χ1) is 17.3. The van der Waals surface area contributed by atoms with Gasteiger partial charge in [0.15, 0.2) is 5.82 Å². The van der Waals surface area contributed by atoms with Crippen LogP contribution in [0.1, 0.15) is 54.9 Å². The van der Waals surface area contributed by atoms with E-state index in [-0.39, 0.29) is 31.2 Å². The maximum Gasteiger partial charge on any atom is 0.314 e. The van der Waals surface area contributed by atoms with Crippen LogP contribution < -0.4 is 10.1 Å². The maximum atomic E-state index is 14.5. The number of aryl methyl sites for hydroxylation is 1. The van der Waals surface area contributed by atoms with E-state index in [2.05, 4.69) is 34.2 Å². The standard InChI is InChI=1S/C26H31FN6O3/c1-16(2)18-10-11-20(28-14-18)24(17-8-6-5-7-9-17)30-25(35)21-12-19(27)15-33(21)23(34)13-22-29-26(36-4)32(3)31-22/h5-11,14,16,19,21,24H,12-13,15H2,1-4H3,(H,30,35)/t19-,21+,24+/m1/s1. The Bertz CT molecular complexity index is 1200. The molecule has 0 unspecified atom stereocenters. The van der Waals surface area contributed by atoms with E-state index in [9.17, 15) is 14.0 Å². The van der Waals surface area contributed by atoms with Crippen molar-refractivity contribution in [3.8, 4) is 6.01 Å². The van der Waals surface area contributed by atoms with Crippen molar-refractivity contribution < 1.29 is 18.7 Å². The van der Waals surface area contributed by atoms with Gasteiger partial charge in [-0.3, -0.25) is 14.6 Å². The molecule has 0 aliphatic carbocycles. The zero-order valence-electron chi connectivity index (χ0n) is 20.9. The quantitative estimate of drug-likeness (QED) is 0.517. The third-order valence-corrected chi connectivity index (χ3v) is 6.32. The number of nitrogens with one attached hydrogen (secondary N) is 1. The Morgan fingerprint density at radius 1 is 1.17 bits per heavy atom. The van der Waals surface area contributed by atoms with Crippen LogP contribution in [0.2, 0.25) is 0 Å². The van der Waals surface area contributed by atoms with Gasteiger partial charge in [-0.1, -0.05) is 50.2 Å². The Labute approximate surface area is 209 Å². The Morgan fingerprint density at radius 3 is 2.53 bits per heavy atom. The van der Waals surface area contributed by atoms with E-state index < -0.39 is 30.1 Å². The molecule has 1 aliphatic heterocycles. The van der Waals surface area contributed by atoms with Crippen molar-refractivity contribution >= 4 is 11.8 Å². The predicted octanol–water partition coefficient (Wildman–Crippen LogP) is 2.73. The van der Waals surface area contributed by atoms with Gasteiger partial charge in [-0.15, -0.1) is 0 Å². The van der Waals surface area contributed by atoms with Crippen LogP contribution in [-0.4, -0.2) is 62.3 Å². The first-order valence-corrected chi connectivity index (χ1v) is 12.0. The number of likely N-dealkylation sites (tertiary alicyclic amines) is 1. The number of hydrogen-bond donors (Lipinski definition) is 1. The average Bonchev–Trinajstić information content (AvgIpc) is 3.44. The number of rotatable bonds is 8. The molecule has 2 amide bonds. The number of alkyl halides is 1. The lowest BCUT2D eigenvalue weighted by Gasteiger charge is -2.26. The lowest BCUT2D eigenvalue weighted by Crippen LogP contribution is -2.47. The first-order valence-electron chi connectivity index (χ1n) is 12.0. The maximum absolute atomic E-state index is 14.5. The van der Waals surface area contributed by atoms with E-state index in [0.717, 1.165) is 11.1 Å². The molecule has 0 bridgehead atoms. The van der Waals surface area contributed by atoms with Crippen LogP contribution in [0, 0.1) is 0 Å². The van der Waals surface area contributed by atoms with Crippen molar-refractivity contribution in [3.05, 3.63) is 71.3 Å². The Kier molecular flexibility index (Phi) is 7.61. The van der Waals surface area contributed by atoms with Crippen molar-refractivity contribution in [2.45, 2.75) is 50.9 Å². The molecular weight excluding hydrogens is 463 g/mol. The molecule has 190 valence electrons. The molecule has 1 aromatic carbocycles. The largest absolute Gasteiger partial charge is 0.467 e. The minimum absolute atomic E-state index is 0.0717. The molecule has 3 aromatic rings. The van der Waals surface area contributed by atoms with Crippen LogP contribution in [0.3, 0.4) is 0 Å². The van der Waals surface area contributed by atoms with Gasteiger partial charge in [0.2, 0.25) is 11.8 Å². The molecule has 2 aromatic heterocycles. The summed E-state index contributed by atoms with van der Waals surface area (Å²) in [6, 6.07) is 12.1. The lowest BCUT2D eigenvalue weighted by molar-refractivity contribution is -0.138. The number of aromatic nitrogens is 4. The summed E-state index contributed by atoms with van der Waals surface area (Å²) in [6.45, 7) is 4.02. The van der Waals surface area contributed by atoms with Crippen LogP contribution in [0.4, 0.5) is 4.39 Å². The van der Waals surface area contributed by atoms with Crippen LogP contribution in [0.5, 0.6) is 6.01 Å². The summed E-state index contributed by atoms with van der Waals surface area (Å²) in [5.41, 5.74) is 2.59. The summed E-state index contributed by atoms with van der Waals surface area (Å²) in [5.74, 6) is -0.278. The first kappa shape index (κ1) is 25.3. The number of carbonyl (C=O) groups excluding carboxylic acids is 2. The van der Waals surface area contributed by atoms with Gasteiger partial charge in [-0.05, 0) is 23.1 Å². The van der Waals surface area contributed by atoms with E-state index in [0.29, 0.717) is 11.6 Å². The molecule has 1 saturated heterocycles. The van der Waals surface area contributed by atoms with E-state index in [1.54, 1.807) is 13.2 Å². The number of amides is 2. The van der Waals surface area contributed by atoms with Crippen LogP contribution >= 0.6 is 0 Å². The van der Waals surface area contributed by atoms with Crippen LogP contribution in [-0.2, 0) is 23.1 Å². The highest BCUT2D eigenvalue weighted by Crippen LogP contribution is 2.26. The summed E-state index contributed by atoms with van der Waals surface area (Å²) >= 11 is 0. The van der Waals surface area contributed by atoms with Gasteiger partial charge in [-0.25, -0.2) is 9.07 Å². The summed E-state index contributed by atoms with van der Waals surface area (Å²) < 4.78 is 21.0. The highest BCUT2D eigenvalue weighted by Gasteiger charge is 2.40. The highest BCUT2D eigenvalue weighted by molar-refractivity contribution is 5.89. The zero-order chi connectivity index (χ0) is 25.8. The molecule has 4 rings (SSSR count). The number of hydrogen-bond acceptors (Lipinski definition) is 6. The predicted molar refractivity (Wildman–Crippen MR) is 131 cm³/mol. The van der Waals surface area contributed by atoms with E-state index in [1.807, 2.05) is 42.5 Å². The molecule has 0 saturated carbocycles. The van der Waals surface area contributed by atoms with Gasteiger partial charge in [-0.2, -0.15) is 10.1 Å². The molecular formula is C26H31FN6O3. The van der Waals surface area contributed by atoms with Crippen LogP contribution in [0.25, 0.3) is 0 Å². The number of benzene rings is 1. The second-order valence-electron chi connectivity index (χ2n) is 9.23. The van der Waals surface area contributed by atoms with Gasteiger partial charge < -0.3 is 15.0 Å². The molecule has 0 radical (unpaired) electrons. The normalized spacial score (nSPS) is 18.3. The van der Waals surface area contributed by atoms with Gasteiger partial charge >= 0.3 is 6.01 Å². The molecule has 10 heteroatoms. The Morgan fingerprint density at radius 2 is 1.92 bits per heavy atom. The minimum atomic E-state index is -1.30. The lowest BCUT2D eigenvalue weighted by atomic mass is 10.00. The average molecular weight is 495 g/mol. The van der Waals surface area contributed by atoms with Gasteiger partial charge in [0, 0.05) is 19.7 Å². The highest BCUT2D eigenvalue weighted by atomic mass is 19.1. The van der Waals surface area contributed by atoms with Crippen molar-refractivity contribution in [2.75, 3.05) is 13.7 Å². The van der Waals surface area contributed by atoms with Crippen molar-refractivity contribution in [1.82, 2.24) is 30.0 Å². The summed E-state index contributed by atoms with van der Waals surface area (Å²) in [7, 11) is 3.10. The number of pyridine rings is 1. The Hall–Kier alpha value is -3.82. The molecule has 36 heavy (non-hydrogen) atoms. The van der Waals surface area contributed by atoms with E-state index >= 15 is 0 Å². The van der Waals surface area contributed by atoms with Crippen molar-refractivity contribution in [1.29, 1.82) is 0 Å². The number of methoxy groups -OCH3 is 1. The molecule has 0 spiro atoms. The van der Waals surface area contributed by atoms with E-state index in [1.165, 1.54) is 16.7 Å². The van der Waals surface area contributed by atoms with Crippen LogP contribution in [0.15, 0.2) is 48.7 Å². The summed E-state index contributed by atoms with van der Waals surface area (Å²) in [5, 5.41) is 7.17. The fourth-order valence-electron chi connectivity index (χ4n) is 4.36. The minimum Gasteiger partial charge on any atom is -0.467 e. The topological polar surface area (TPSA) is 102 Å². The van der Waals surface area contributed by atoms with Crippen molar-refractivity contribution in [2.24, 2.45) is 7.05 Å². The fourth-order valence-corrected chi connectivity index (χ4v) is 4.36. The Balaban J connectivity index is 1.54. The van der Waals surface area contributed by atoms with E-state index in [4.69, 9.17) is 4.74 Å². The number of carbonyl (C=O) groups is 2. The van der Waals surface area contributed by atoms with Crippen molar-refractivity contribution in [3.63, 3.8) is 0 Å². The van der Waals surface area contributed by atoms with Gasteiger partial charge in [0.25, 0.3) is 0 Å². The number of halogens is 1. The molecule has 9 nitrogen and oxygen atoms in total. The summed E-state index contributed by atoms with van der Waals surface area (Å²) in [4.78, 5) is 36.5. The third kappa shape index (κ3) is 5.53. The zero-order valence-corrected chi connectivity index (χ0v) is 20.9. The molecule has 1 N–H and O–H groups in total. The SMILES string of the molecule is COc1nc(CC(=O)N2C[C@H](F)C[C@H]2C(=O)N[C@@H](c2ccccc2)c2ccc(C(C)C)cn2)nn1C. The number of ether oxygens (including phenoxy) is 1. The molecule has 1 aliphatic rings. The second kappa shape index (κ2) is 10.8. The summed E-state index contributed by atoms with van der Waals surface area (Å²) in [6.07, 6.45) is 0.278. The third-order valence-electron chi connectivity index (χ3n) is 6.32. The molecule has 1 fully saturated rings. The molecule has 3 atom stereocenters. The van der Waals surface area contributed by atoms with Gasteiger partial charge in [0.05, 0.1) is 31.8 Å². The second-order valence-corrected chi connectivity index (χ2v) is 9.23. The smallest absolute Gasteiger partial charge is 0.314 e. The molecule has 3 heterocycles.